The van der Waals surface area contributed by atoms with Gasteiger partial charge in [0.15, 0.2) is 0 Å². The van der Waals surface area contributed by atoms with Gasteiger partial charge in [0.2, 0.25) is 0 Å². The summed E-state index contributed by atoms with van der Waals surface area (Å²) in [6.45, 7) is 3.58. The van der Waals surface area contributed by atoms with Gasteiger partial charge in [-0.1, -0.05) is 24.3 Å². The Bertz CT molecular complexity index is 1320. The Morgan fingerprint density at radius 3 is 1.73 bits per heavy atom. The quantitative estimate of drug-likeness (QED) is 0.414. The van der Waals surface area contributed by atoms with E-state index >= 15 is 0 Å². The Morgan fingerprint density at radius 1 is 0.767 bits per heavy atom. The lowest BCUT2D eigenvalue weighted by Crippen LogP contribution is -2.08. The van der Waals surface area contributed by atoms with Gasteiger partial charge in [-0.15, -0.1) is 0 Å². The molecular weight excluding hydrogens is 430 g/mol. The molecule has 11 heteroatoms. The first-order valence-corrected chi connectivity index (χ1v) is 11.5. The van der Waals surface area contributed by atoms with Gasteiger partial charge in [-0.2, -0.15) is 16.8 Å². The van der Waals surface area contributed by atoms with Crippen LogP contribution in [0, 0.1) is 13.8 Å². The first kappa shape index (κ1) is 21.7. The molecular formula is C19H19N3O6S2. The van der Waals surface area contributed by atoms with Gasteiger partial charge in [0.25, 0.3) is 20.2 Å². The summed E-state index contributed by atoms with van der Waals surface area (Å²) < 4.78 is 65.4. The van der Waals surface area contributed by atoms with Crippen molar-refractivity contribution < 1.29 is 25.9 Å². The van der Waals surface area contributed by atoms with Crippen molar-refractivity contribution in [3.05, 3.63) is 65.7 Å². The third-order valence-electron chi connectivity index (χ3n) is 4.38. The van der Waals surface area contributed by atoms with E-state index in [1.54, 1.807) is 32.0 Å². The van der Waals surface area contributed by atoms with Crippen molar-refractivity contribution in [3.8, 4) is 0 Å². The standard InChI is InChI=1S/C19H19N3O6S2/c1-12-11-18(20-14-7-3-5-9-16(14)29(23,24)25)22-19(13(12)2)21-15-8-4-6-10-17(15)30(26,27)28/h3-11H,1-2H3,(H2,20,21,22)(H,23,24,25)(H,26,27,28). The van der Waals surface area contributed by atoms with Crippen LogP contribution in [0.25, 0.3) is 0 Å². The SMILES string of the molecule is Cc1cc(Nc2ccccc2S(=O)(=O)O)nc(Nc2ccccc2S(=O)(=O)O)c1C. The molecule has 0 spiro atoms. The van der Waals surface area contributed by atoms with E-state index in [1.807, 2.05) is 0 Å². The van der Waals surface area contributed by atoms with Crippen molar-refractivity contribution in [1.82, 2.24) is 4.98 Å². The van der Waals surface area contributed by atoms with Gasteiger partial charge in [-0.3, -0.25) is 9.11 Å². The van der Waals surface area contributed by atoms with Crippen molar-refractivity contribution in [2.75, 3.05) is 10.6 Å². The van der Waals surface area contributed by atoms with Crippen LogP contribution in [0.15, 0.2) is 64.4 Å². The zero-order valence-corrected chi connectivity index (χ0v) is 17.6. The molecule has 0 fully saturated rings. The summed E-state index contributed by atoms with van der Waals surface area (Å²) in [5, 5.41) is 5.76. The molecule has 30 heavy (non-hydrogen) atoms. The van der Waals surface area contributed by atoms with E-state index < -0.39 is 20.2 Å². The number of rotatable bonds is 6. The molecule has 1 aromatic heterocycles. The van der Waals surface area contributed by atoms with Gasteiger partial charge in [0.1, 0.15) is 21.4 Å². The van der Waals surface area contributed by atoms with Gasteiger partial charge < -0.3 is 10.6 Å². The lowest BCUT2D eigenvalue weighted by molar-refractivity contribution is 0.481. The minimum absolute atomic E-state index is 0.125. The molecule has 9 nitrogen and oxygen atoms in total. The summed E-state index contributed by atoms with van der Waals surface area (Å²) in [6, 6.07) is 13.3. The fourth-order valence-electron chi connectivity index (χ4n) is 2.78. The summed E-state index contributed by atoms with van der Waals surface area (Å²) >= 11 is 0. The Morgan fingerprint density at radius 2 is 1.23 bits per heavy atom. The molecule has 0 amide bonds. The lowest BCUT2D eigenvalue weighted by atomic mass is 10.1. The second-order valence-corrected chi connectivity index (χ2v) is 9.27. The van der Waals surface area contributed by atoms with Crippen LogP contribution in [0.3, 0.4) is 0 Å². The van der Waals surface area contributed by atoms with Gasteiger partial charge in [0, 0.05) is 0 Å². The van der Waals surface area contributed by atoms with Crippen LogP contribution < -0.4 is 10.6 Å². The molecule has 0 aliphatic heterocycles. The molecule has 0 atom stereocenters. The molecule has 4 N–H and O–H groups in total. The van der Waals surface area contributed by atoms with Crippen molar-refractivity contribution in [3.63, 3.8) is 0 Å². The van der Waals surface area contributed by atoms with E-state index in [0.717, 1.165) is 5.56 Å². The van der Waals surface area contributed by atoms with Crippen molar-refractivity contribution >= 4 is 43.2 Å². The highest BCUT2D eigenvalue weighted by molar-refractivity contribution is 7.86. The number of pyridine rings is 1. The Kier molecular flexibility index (Phi) is 5.81. The number of aromatic nitrogens is 1. The Balaban J connectivity index is 2.04. The normalized spacial score (nSPS) is 11.9. The minimum atomic E-state index is -4.46. The van der Waals surface area contributed by atoms with E-state index in [-0.39, 0.29) is 27.0 Å². The topological polar surface area (TPSA) is 146 Å². The second kappa shape index (κ2) is 8.03. The van der Waals surface area contributed by atoms with Crippen LogP contribution in [0.1, 0.15) is 11.1 Å². The van der Waals surface area contributed by atoms with Crippen LogP contribution in [-0.2, 0) is 20.2 Å². The average Bonchev–Trinajstić information content (AvgIpc) is 2.65. The lowest BCUT2D eigenvalue weighted by Gasteiger charge is -2.16. The highest BCUT2D eigenvalue weighted by atomic mass is 32.2. The van der Waals surface area contributed by atoms with Crippen LogP contribution in [0.2, 0.25) is 0 Å². The largest absolute Gasteiger partial charge is 0.339 e. The van der Waals surface area contributed by atoms with Crippen LogP contribution in [0.4, 0.5) is 23.0 Å². The smallest absolute Gasteiger partial charge is 0.296 e. The van der Waals surface area contributed by atoms with Crippen molar-refractivity contribution in [1.29, 1.82) is 0 Å². The van der Waals surface area contributed by atoms with Gasteiger partial charge >= 0.3 is 0 Å². The van der Waals surface area contributed by atoms with E-state index in [9.17, 15) is 25.9 Å². The number of para-hydroxylation sites is 2. The van der Waals surface area contributed by atoms with Crippen LogP contribution in [-0.4, -0.2) is 30.9 Å². The summed E-state index contributed by atoms with van der Waals surface area (Å²) in [5.41, 5.74) is 1.75. The van der Waals surface area contributed by atoms with Crippen LogP contribution >= 0.6 is 0 Å². The van der Waals surface area contributed by atoms with E-state index in [4.69, 9.17) is 0 Å². The van der Waals surface area contributed by atoms with Gasteiger partial charge in [0.05, 0.1) is 11.4 Å². The number of anilines is 4. The second-order valence-electron chi connectivity index (χ2n) is 6.49. The number of hydrogen-bond donors (Lipinski definition) is 4. The molecule has 0 radical (unpaired) electrons. The predicted molar refractivity (Wildman–Crippen MR) is 113 cm³/mol. The number of nitrogens with zero attached hydrogens (tertiary/aromatic N) is 1. The molecule has 1 heterocycles. The third-order valence-corrected chi connectivity index (χ3v) is 6.20. The molecule has 0 aliphatic carbocycles. The summed E-state index contributed by atoms with van der Waals surface area (Å²) in [5.74, 6) is 0.568. The first-order chi connectivity index (χ1) is 14.0. The van der Waals surface area contributed by atoms with E-state index in [2.05, 4.69) is 15.6 Å². The molecule has 0 bridgehead atoms. The predicted octanol–water partition coefficient (Wildman–Crippen LogP) is 3.68. The monoisotopic (exact) mass is 449 g/mol. The molecule has 0 saturated heterocycles. The zero-order chi connectivity index (χ0) is 22.1. The van der Waals surface area contributed by atoms with Gasteiger partial charge in [-0.05, 0) is 55.3 Å². The number of benzene rings is 2. The highest BCUT2D eigenvalue weighted by Crippen LogP contribution is 2.30. The zero-order valence-electron chi connectivity index (χ0n) is 16.0. The summed E-state index contributed by atoms with van der Waals surface area (Å²) in [4.78, 5) is 3.78. The number of hydrogen-bond acceptors (Lipinski definition) is 7. The third kappa shape index (κ3) is 4.76. The van der Waals surface area contributed by atoms with Crippen molar-refractivity contribution in [2.45, 2.75) is 23.6 Å². The van der Waals surface area contributed by atoms with Crippen LogP contribution in [0.5, 0.6) is 0 Å². The Hall–Kier alpha value is -2.99. The maximum absolute atomic E-state index is 11.6. The van der Waals surface area contributed by atoms with Crippen molar-refractivity contribution in [2.24, 2.45) is 0 Å². The maximum Gasteiger partial charge on any atom is 0.296 e. The molecule has 0 saturated carbocycles. The molecule has 0 aliphatic rings. The number of aryl methyl sites for hydroxylation is 1. The molecule has 2 aromatic carbocycles. The average molecular weight is 450 g/mol. The number of nitrogens with one attached hydrogen (secondary N) is 2. The fraction of sp³-hybridized carbons (Fsp3) is 0.105. The summed E-state index contributed by atoms with van der Waals surface area (Å²) in [6.07, 6.45) is 0. The molecule has 3 aromatic rings. The fourth-order valence-corrected chi connectivity index (χ4v) is 4.07. The first-order valence-electron chi connectivity index (χ1n) is 8.62. The van der Waals surface area contributed by atoms with E-state index in [1.165, 1.54) is 36.4 Å². The summed E-state index contributed by atoms with van der Waals surface area (Å²) in [7, 11) is -8.91. The molecule has 3 rings (SSSR count). The molecule has 0 unspecified atom stereocenters. The Labute approximate surface area is 174 Å². The van der Waals surface area contributed by atoms with E-state index in [0.29, 0.717) is 11.4 Å². The minimum Gasteiger partial charge on any atom is -0.339 e. The maximum atomic E-state index is 11.6. The highest BCUT2D eigenvalue weighted by Gasteiger charge is 2.18. The van der Waals surface area contributed by atoms with Gasteiger partial charge in [-0.25, -0.2) is 4.98 Å². The molecule has 158 valence electrons.